The zero-order chi connectivity index (χ0) is 28.0. The van der Waals surface area contributed by atoms with E-state index in [1.165, 1.54) is 6.07 Å². The third-order valence-corrected chi connectivity index (χ3v) is 9.36. The highest BCUT2D eigenvalue weighted by atomic mass is 32.2. The van der Waals surface area contributed by atoms with Crippen LogP contribution in [0.5, 0.6) is 5.88 Å². The molecule has 1 unspecified atom stereocenters. The molecule has 1 aromatic heterocycles. The van der Waals surface area contributed by atoms with Gasteiger partial charge in [0.25, 0.3) is 11.8 Å². The summed E-state index contributed by atoms with van der Waals surface area (Å²) in [6.07, 6.45) is 4.05. The number of aromatic nitrogens is 1. The van der Waals surface area contributed by atoms with Gasteiger partial charge in [-0.15, -0.1) is 0 Å². The smallest absolute Gasteiger partial charge is 0.254 e. The average molecular weight is 573 g/mol. The van der Waals surface area contributed by atoms with Crippen LogP contribution in [0.3, 0.4) is 0 Å². The maximum atomic E-state index is 14.3. The summed E-state index contributed by atoms with van der Waals surface area (Å²) in [6.45, 7) is 3.97. The second kappa shape index (κ2) is 10.7. The minimum atomic E-state index is -4.21. The van der Waals surface area contributed by atoms with Crippen molar-refractivity contribution >= 4 is 21.8 Å². The van der Waals surface area contributed by atoms with Gasteiger partial charge in [0, 0.05) is 80.0 Å². The summed E-state index contributed by atoms with van der Waals surface area (Å²) in [5.74, 6) is 0.0193. The maximum absolute atomic E-state index is 14.3. The van der Waals surface area contributed by atoms with Gasteiger partial charge >= 0.3 is 0 Å². The molecular weight excluding hydrogens is 539 g/mol. The van der Waals surface area contributed by atoms with Crippen LogP contribution in [0.4, 0.5) is 4.39 Å². The molecule has 0 spiro atoms. The average Bonchev–Trinajstić information content (AvgIpc) is 3.60. The quantitative estimate of drug-likeness (QED) is 0.539. The number of carbonyl (C=O) groups is 2. The first-order chi connectivity index (χ1) is 19.2. The first-order valence-electron chi connectivity index (χ1n) is 13.8. The fourth-order valence-electron chi connectivity index (χ4n) is 5.98. The Balaban J connectivity index is 1.10. The second-order valence-corrected chi connectivity index (χ2v) is 12.9. The van der Waals surface area contributed by atoms with E-state index >= 15 is 0 Å². The molecule has 0 radical (unpaired) electrons. The Kier molecular flexibility index (Phi) is 7.26. The lowest BCUT2D eigenvalue weighted by Gasteiger charge is -2.23. The third-order valence-electron chi connectivity index (χ3n) is 8.42. The Morgan fingerprint density at radius 3 is 2.15 bits per heavy atom. The predicted octanol–water partition coefficient (Wildman–Crippen LogP) is 2.40. The minimum Gasteiger partial charge on any atom is -0.477 e. The zero-order valence-electron chi connectivity index (χ0n) is 22.1. The highest BCUT2D eigenvalue weighted by Gasteiger charge is 2.43. The van der Waals surface area contributed by atoms with Crippen LogP contribution in [-0.4, -0.2) is 81.0 Å². The second-order valence-electron chi connectivity index (χ2n) is 11.4. The molecule has 1 aliphatic carbocycles. The normalized spacial score (nSPS) is 23.4. The summed E-state index contributed by atoms with van der Waals surface area (Å²) in [6, 6.07) is 6.84. The molecule has 10 nitrogen and oxygen atoms in total. The molecule has 2 N–H and O–H groups in total. The van der Waals surface area contributed by atoms with E-state index in [2.05, 4.69) is 0 Å². The number of hydrogen-bond donors (Lipinski definition) is 1. The number of carbonyl (C=O) groups excluding carboxylic acids is 2. The fourth-order valence-corrected chi connectivity index (χ4v) is 6.57. The lowest BCUT2D eigenvalue weighted by Crippen LogP contribution is -2.35. The molecule has 4 aliphatic rings. The summed E-state index contributed by atoms with van der Waals surface area (Å²) < 4.78 is 48.7. The lowest BCUT2D eigenvalue weighted by atomic mass is 10.0. The van der Waals surface area contributed by atoms with Gasteiger partial charge in [-0.25, -0.2) is 22.9 Å². The number of ether oxygens (including phenoxy) is 2. The molecule has 6 rings (SSSR count). The molecular formula is C28H33FN4O6S. The first-order valence-corrected chi connectivity index (χ1v) is 15.3. The molecule has 2 atom stereocenters. The van der Waals surface area contributed by atoms with E-state index in [1.54, 1.807) is 11.0 Å². The summed E-state index contributed by atoms with van der Waals surface area (Å²) in [5, 5.41) is 5.02. The van der Waals surface area contributed by atoms with Crippen LogP contribution in [0.15, 0.2) is 35.2 Å². The largest absolute Gasteiger partial charge is 0.477 e. The number of pyridine rings is 1. The Hall–Kier alpha value is -3.09. The highest BCUT2D eigenvalue weighted by Crippen LogP contribution is 2.40. The van der Waals surface area contributed by atoms with Crippen LogP contribution in [0.1, 0.15) is 58.0 Å². The van der Waals surface area contributed by atoms with Crippen molar-refractivity contribution in [2.24, 2.45) is 22.9 Å². The molecule has 40 heavy (non-hydrogen) atoms. The van der Waals surface area contributed by atoms with Gasteiger partial charge < -0.3 is 19.3 Å². The molecule has 3 aliphatic heterocycles. The number of primary sulfonamides is 1. The molecule has 1 saturated carbocycles. The summed E-state index contributed by atoms with van der Waals surface area (Å²) in [4.78, 5) is 34.1. The molecule has 4 heterocycles. The Morgan fingerprint density at radius 1 is 0.950 bits per heavy atom. The fraction of sp³-hybridized carbons (Fsp3) is 0.536. The number of nitrogens with two attached hydrogens (primary N) is 1. The molecule has 3 saturated heterocycles. The minimum absolute atomic E-state index is 0.0619. The number of nitrogens with zero attached hydrogens (tertiary/aromatic N) is 3. The van der Waals surface area contributed by atoms with E-state index in [1.807, 2.05) is 11.0 Å². The van der Waals surface area contributed by atoms with Gasteiger partial charge in [-0.1, -0.05) is 0 Å². The highest BCUT2D eigenvalue weighted by molar-refractivity contribution is 7.89. The van der Waals surface area contributed by atoms with Crippen LogP contribution in [-0.2, 0) is 14.8 Å². The first kappa shape index (κ1) is 27.1. The van der Waals surface area contributed by atoms with Crippen molar-refractivity contribution in [3.05, 3.63) is 53.0 Å². The van der Waals surface area contributed by atoms with Crippen molar-refractivity contribution in [2.75, 3.05) is 46.0 Å². The summed E-state index contributed by atoms with van der Waals surface area (Å²) in [7, 11) is -4.21. The number of likely N-dealkylation sites (tertiary alicyclic amines) is 2. The number of rotatable bonds is 7. The molecule has 2 aromatic rings. The topological polar surface area (TPSA) is 132 Å². The molecule has 12 heteroatoms. The van der Waals surface area contributed by atoms with Gasteiger partial charge in [-0.3, -0.25) is 9.59 Å². The number of sulfonamides is 1. The molecule has 214 valence electrons. The molecule has 1 aromatic carbocycles. The predicted molar refractivity (Wildman–Crippen MR) is 142 cm³/mol. The van der Waals surface area contributed by atoms with Crippen molar-refractivity contribution in [2.45, 2.75) is 36.5 Å². The SMILES string of the molecule is NS(=O)(=O)c1ccc(C(=O)N2CC3CN(C(=O)c4cc(OCC5CCOCC5)nc(C5CC5)c4)C[C@@H]3C2)cc1F. The van der Waals surface area contributed by atoms with Crippen LogP contribution in [0.25, 0.3) is 0 Å². The van der Waals surface area contributed by atoms with E-state index in [0.717, 1.165) is 56.7 Å². The Morgan fingerprint density at radius 2 is 1.57 bits per heavy atom. The van der Waals surface area contributed by atoms with Crippen LogP contribution in [0.2, 0.25) is 0 Å². The lowest BCUT2D eigenvalue weighted by molar-refractivity contribution is 0.0490. The van der Waals surface area contributed by atoms with Crippen LogP contribution < -0.4 is 9.88 Å². The Bertz CT molecular complexity index is 1410. The summed E-state index contributed by atoms with van der Waals surface area (Å²) in [5.41, 5.74) is 1.55. The van der Waals surface area contributed by atoms with E-state index in [4.69, 9.17) is 19.6 Å². The van der Waals surface area contributed by atoms with E-state index in [9.17, 15) is 22.4 Å². The Labute approximate surface area is 232 Å². The van der Waals surface area contributed by atoms with Gasteiger partial charge in [-0.05, 0) is 55.9 Å². The molecule has 4 fully saturated rings. The number of benzene rings is 1. The van der Waals surface area contributed by atoms with Crippen LogP contribution >= 0.6 is 0 Å². The van der Waals surface area contributed by atoms with Crippen molar-refractivity contribution in [1.82, 2.24) is 14.8 Å². The van der Waals surface area contributed by atoms with Crippen molar-refractivity contribution in [3.63, 3.8) is 0 Å². The summed E-state index contributed by atoms with van der Waals surface area (Å²) >= 11 is 0. The third kappa shape index (κ3) is 5.70. The van der Waals surface area contributed by atoms with Crippen molar-refractivity contribution < 1.29 is 31.9 Å². The maximum Gasteiger partial charge on any atom is 0.254 e. The van der Waals surface area contributed by atoms with E-state index in [0.29, 0.717) is 56.1 Å². The number of fused-ring (bicyclic) bond motifs is 1. The van der Waals surface area contributed by atoms with Crippen LogP contribution in [0, 0.1) is 23.6 Å². The number of amides is 2. The molecule has 2 amide bonds. The van der Waals surface area contributed by atoms with Gasteiger partial charge in [0.15, 0.2) is 0 Å². The van der Waals surface area contributed by atoms with Gasteiger partial charge in [0.2, 0.25) is 15.9 Å². The van der Waals surface area contributed by atoms with Gasteiger partial charge in [0.05, 0.1) is 6.61 Å². The molecule has 0 bridgehead atoms. The monoisotopic (exact) mass is 572 g/mol. The van der Waals surface area contributed by atoms with Gasteiger partial charge in [-0.2, -0.15) is 0 Å². The van der Waals surface area contributed by atoms with E-state index in [-0.39, 0.29) is 29.2 Å². The standard InChI is InChI=1S/C28H33FN4O6S/c29-23-9-19(3-4-25(23)40(30,36)37)27(34)32-12-21-14-33(15-22(21)13-32)28(35)20-10-24(18-1-2-18)31-26(11-20)39-16-17-5-7-38-8-6-17/h3-4,9-11,17-18,21-22H,1-2,5-8,12-16H2,(H2,30,36,37)/t21-,22?/m0/s1. The zero-order valence-corrected chi connectivity index (χ0v) is 22.9. The van der Waals surface area contributed by atoms with Crippen molar-refractivity contribution in [3.8, 4) is 5.88 Å². The van der Waals surface area contributed by atoms with Crippen molar-refractivity contribution in [1.29, 1.82) is 0 Å². The van der Waals surface area contributed by atoms with E-state index < -0.39 is 20.7 Å². The number of hydrogen-bond acceptors (Lipinski definition) is 7. The van der Waals surface area contributed by atoms with Gasteiger partial charge in [0.1, 0.15) is 10.7 Å². The number of halogens is 1.